The fourth-order valence-corrected chi connectivity index (χ4v) is 5.59. The van der Waals surface area contributed by atoms with Gasteiger partial charge in [0.25, 0.3) is 0 Å². The third kappa shape index (κ3) is 5.50. The molecule has 2 rings (SSSR count). The number of carbonyl (C=O) groups excluding carboxylic acids is 1. The van der Waals surface area contributed by atoms with Crippen molar-refractivity contribution in [3.05, 3.63) is 53.8 Å². The average Bonchev–Trinajstić information content (AvgIpc) is 2.79. The highest BCUT2D eigenvalue weighted by atomic mass is 32.2. The Hall–Kier alpha value is -1.54. The number of rotatable bonds is 8. The zero-order valence-electron chi connectivity index (χ0n) is 17.5. The van der Waals surface area contributed by atoms with Gasteiger partial charge >= 0.3 is 5.97 Å². The number of ether oxygens (including phenoxy) is 3. The molecule has 0 saturated heterocycles. The van der Waals surface area contributed by atoms with Crippen molar-refractivity contribution in [2.24, 2.45) is 0 Å². The van der Waals surface area contributed by atoms with E-state index in [1.807, 2.05) is 42.5 Å². The van der Waals surface area contributed by atoms with Crippen molar-refractivity contribution in [2.75, 3.05) is 20.8 Å². The highest BCUT2D eigenvalue weighted by Crippen LogP contribution is 2.43. The van der Waals surface area contributed by atoms with Crippen molar-refractivity contribution in [3.8, 4) is 0 Å². The lowest BCUT2D eigenvalue weighted by Crippen LogP contribution is -2.52. The van der Waals surface area contributed by atoms with Crippen molar-refractivity contribution >= 4 is 26.0 Å². The minimum Gasteiger partial charge on any atom is -0.496 e. The van der Waals surface area contributed by atoms with Crippen molar-refractivity contribution < 1.29 is 23.4 Å². The van der Waals surface area contributed by atoms with Gasteiger partial charge in [-0.15, -0.1) is 11.8 Å². The Morgan fingerprint density at radius 3 is 2.43 bits per heavy atom. The van der Waals surface area contributed by atoms with Gasteiger partial charge in [0.1, 0.15) is 0 Å². The largest absolute Gasteiger partial charge is 0.496 e. The summed E-state index contributed by atoms with van der Waals surface area (Å²) >= 11 is 1.58. The maximum Gasteiger partial charge on any atom is 0.334 e. The molecule has 2 atom stereocenters. The zero-order chi connectivity index (χ0) is 20.8. The number of methoxy groups -OCH3 is 2. The van der Waals surface area contributed by atoms with Gasteiger partial charge in [-0.3, -0.25) is 0 Å². The molecular formula is C21H30O5SSi. The molecule has 28 heavy (non-hydrogen) atoms. The summed E-state index contributed by atoms with van der Waals surface area (Å²) in [5.41, 5.74) is 0.572. The quantitative estimate of drug-likeness (QED) is 0.342. The van der Waals surface area contributed by atoms with Gasteiger partial charge in [0, 0.05) is 24.0 Å². The summed E-state index contributed by atoms with van der Waals surface area (Å²) in [5.74, 6) is -0.886. The lowest BCUT2D eigenvalue weighted by Gasteiger charge is -2.42. The molecule has 0 radical (unpaired) electrons. The Balaban J connectivity index is 2.58. The first-order valence-corrected chi connectivity index (χ1v) is 13.6. The van der Waals surface area contributed by atoms with Crippen LogP contribution in [0.25, 0.3) is 0 Å². The molecule has 154 valence electrons. The number of hydrogen-bond acceptors (Lipinski definition) is 6. The summed E-state index contributed by atoms with van der Waals surface area (Å²) in [5, 5.41) is -0.334. The van der Waals surface area contributed by atoms with Crippen LogP contribution in [0.5, 0.6) is 0 Å². The maximum absolute atomic E-state index is 12.5. The van der Waals surface area contributed by atoms with E-state index in [0.29, 0.717) is 24.4 Å². The second-order valence-corrected chi connectivity index (χ2v) is 13.0. The van der Waals surface area contributed by atoms with E-state index in [1.165, 1.54) is 0 Å². The number of carbonyl (C=O) groups is 1. The van der Waals surface area contributed by atoms with Crippen LogP contribution in [0.1, 0.15) is 13.3 Å². The molecule has 7 heteroatoms. The SMILES string of the molecule is CCOC(=O)C1=CC(Sc2ccccc2)C(OC)(O[Si](C)(C)C)C(OC)=CC1. The van der Waals surface area contributed by atoms with Crippen molar-refractivity contribution in [1.29, 1.82) is 0 Å². The first-order valence-electron chi connectivity index (χ1n) is 9.35. The number of esters is 1. The molecular weight excluding hydrogens is 392 g/mol. The average molecular weight is 423 g/mol. The van der Waals surface area contributed by atoms with Gasteiger partial charge in [0.15, 0.2) is 14.1 Å². The van der Waals surface area contributed by atoms with E-state index in [2.05, 4.69) is 19.6 Å². The van der Waals surface area contributed by atoms with E-state index < -0.39 is 14.1 Å². The smallest absolute Gasteiger partial charge is 0.334 e. The van der Waals surface area contributed by atoms with E-state index >= 15 is 0 Å². The van der Waals surface area contributed by atoms with Crippen molar-refractivity contribution in [1.82, 2.24) is 0 Å². The molecule has 0 fully saturated rings. The Morgan fingerprint density at radius 1 is 1.21 bits per heavy atom. The topological polar surface area (TPSA) is 54.0 Å². The summed E-state index contributed by atoms with van der Waals surface area (Å²) in [4.78, 5) is 13.5. The Labute approximate surface area is 173 Å². The van der Waals surface area contributed by atoms with Gasteiger partial charge in [-0.1, -0.05) is 24.3 Å². The van der Waals surface area contributed by atoms with Crippen LogP contribution >= 0.6 is 11.8 Å². The van der Waals surface area contributed by atoms with E-state index in [9.17, 15) is 4.79 Å². The minimum absolute atomic E-state index is 0.326. The minimum atomic E-state index is -2.05. The van der Waals surface area contributed by atoms with Crippen LogP contribution in [-0.4, -0.2) is 46.2 Å². The van der Waals surface area contributed by atoms with Crippen LogP contribution in [0.2, 0.25) is 19.6 Å². The third-order valence-corrected chi connectivity index (χ3v) is 6.26. The molecule has 0 aliphatic heterocycles. The second-order valence-electron chi connectivity index (χ2n) is 7.33. The fourth-order valence-electron chi connectivity index (χ4n) is 3.03. The van der Waals surface area contributed by atoms with Crippen molar-refractivity contribution in [2.45, 2.75) is 48.9 Å². The van der Waals surface area contributed by atoms with E-state index in [0.717, 1.165) is 4.90 Å². The predicted octanol–water partition coefficient (Wildman–Crippen LogP) is 4.77. The highest BCUT2D eigenvalue weighted by molar-refractivity contribution is 8.00. The molecule has 0 bridgehead atoms. The summed E-state index contributed by atoms with van der Waals surface area (Å²) < 4.78 is 23.6. The van der Waals surface area contributed by atoms with Gasteiger partial charge in [-0.2, -0.15) is 0 Å². The van der Waals surface area contributed by atoms with E-state index in [1.54, 1.807) is 32.9 Å². The van der Waals surface area contributed by atoms with Crippen LogP contribution in [0.15, 0.2) is 58.7 Å². The van der Waals surface area contributed by atoms with Crippen LogP contribution in [0, 0.1) is 0 Å². The standard InChI is InChI=1S/C21H30O5SSi/c1-7-25-20(22)16-13-14-18(23-2)21(24-3,26-28(4,5)6)19(15-16)27-17-11-9-8-10-12-17/h8-12,14-15,19H,7,13H2,1-6H3. The lowest BCUT2D eigenvalue weighted by atomic mass is 10.1. The first-order chi connectivity index (χ1) is 13.3. The van der Waals surface area contributed by atoms with Gasteiger partial charge in [-0.25, -0.2) is 4.79 Å². The Bertz CT molecular complexity index is 726. The molecule has 0 spiro atoms. The number of thioether (sulfide) groups is 1. The molecule has 0 N–H and O–H groups in total. The molecule has 5 nitrogen and oxygen atoms in total. The predicted molar refractivity (Wildman–Crippen MR) is 115 cm³/mol. The normalized spacial score (nSPS) is 22.7. The fraction of sp³-hybridized carbons (Fsp3) is 0.476. The zero-order valence-corrected chi connectivity index (χ0v) is 19.3. The monoisotopic (exact) mass is 422 g/mol. The van der Waals surface area contributed by atoms with Crippen LogP contribution < -0.4 is 0 Å². The summed E-state index contributed by atoms with van der Waals surface area (Å²) in [6.07, 6.45) is 4.16. The lowest BCUT2D eigenvalue weighted by molar-refractivity contribution is -0.158. The Morgan fingerprint density at radius 2 is 1.89 bits per heavy atom. The third-order valence-electron chi connectivity index (χ3n) is 4.10. The number of hydrogen-bond donors (Lipinski definition) is 0. The molecule has 1 aliphatic rings. The molecule has 0 amide bonds. The highest BCUT2D eigenvalue weighted by Gasteiger charge is 2.49. The van der Waals surface area contributed by atoms with Crippen molar-refractivity contribution in [3.63, 3.8) is 0 Å². The van der Waals surface area contributed by atoms with Gasteiger partial charge in [0.05, 0.1) is 19.0 Å². The number of allylic oxidation sites excluding steroid dienone is 1. The summed E-state index contributed by atoms with van der Waals surface area (Å²) in [6.45, 7) is 8.44. The first kappa shape index (κ1) is 22.7. The van der Waals surface area contributed by atoms with Crippen LogP contribution in [0.3, 0.4) is 0 Å². The number of benzene rings is 1. The maximum atomic E-state index is 12.5. The molecule has 1 aromatic carbocycles. The van der Waals surface area contributed by atoms with Gasteiger partial charge < -0.3 is 18.6 Å². The molecule has 0 saturated carbocycles. The van der Waals surface area contributed by atoms with E-state index in [4.69, 9.17) is 18.6 Å². The molecule has 1 aromatic rings. The molecule has 0 aromatic heterocycles. The second kappa shape index (κ2) is 9.78. The van der Waals surface area contributed by atoms with E-state index in [-0.39, 0.29) is 11.2 Å². The molecule has 0 heterocycles. The van der Waals surface area contributed by atoms with Gasteiger partial charge in [-0.05, 0) is 44.8 Å². The molecule has 1 aliphatic carbocycles. The van der Waals surface area contributed by atoms with Gasteiger partial charge in [0.2, 0.25) is 5.79 Å². The summed E-state index contributed by atoms with van der Waals surface area (Å²) in [6, 6.07) is 9.99. The summed E-state index contributed by atoms with van der Waals surface area (Å²) in [7, 11) is 1.18. The molecule has 2 unspecified atom stereocenters. The van der Waals surface area contributed by atoms with Crippen LogP contribution in [-0.2, 0) is 23.4 Å². The Kier molecular flexibility index (Phi) is 7.94. The van der Waals surface area contributed by atoms with Crippen LogP contribution in [0.4, 0.5) is 0 Å².